The molecule has 0 aromatic rings. The van der Waals surface area contributed by atoms with Gasteiger partial charge in [0.1, 0.15) is 73.2 Å². The normalized spacial score (nSPS) is 32.8. The third-order valence-corrected chi connectivity index (χ3v) is 13.2. The molecular weight excluding hydrogens is 915 g/mol. The van der Waals surface area contributed by atoms with E-state index in [1.807, 2.05) is 13.0 Å². The monoisotopic (exact) mass is 1010 g/mol. The van der Waals surface area contributed by atoms with Crippen molar-refractivity contribution in [2.45, 2.75) is 253 Å². The van der Waals surface area contributed by atoms with Crippen LogP contribution in [0, 0.1) is 0 Å². The van der Waals surface area contributed by atoms with E-state index >= 15 is 0 Å². The lowest BCUT2D eigenvalue weighted by Crippen LogP contribution is -2.66. The predicted molar refractivity (Wildman–Crippen MR) is 259 cm³/mol. The molecule has 0 aromatic carbocycles. The fourth-order valence-electron chi connectivity index (χ4n) is 8.73. The minimum Gasteiger partial charge on any atom is -0.394 e. The predicted octanol–water partition coefficient (Wildman–Crippen LogP) is 2.20. The molecule has 3 aliphatic rings. The zero-order valence-corrected chi connectivity index (χ0v) is 41.7. The average molecular weight is 1010 g/mol. The molecule has 0 aromatic heterocycles. The summed E-state index contributed by atoms with van der Waals surface area (Å²) in [4.78, 5) is 13.1. The molecule has 70 heavy (non-hydrogen) atoms. The molecule has 12 N–H and O–H groups in total. The molecule has 3 saturated heterocycles. The van der Waals surface area contributed by atoms with Crippen molar-refractivity contribution >= 4 is 5.91 Å². The van der Waals surface area contributed by atoms with Gasteiger partial charge in [-0.25, -0.2) is 0 Å². The smallest absolute Gasteiger partial charge is 0.220 e. The van der Waals surface area contributed by atoms with Crippen molar-refractivity contribution in [2.75, 3.05) is 26.4 Å². The summed E-state index contributed by atoms with van der Waals surface area (Å²) in [7, 11) is 0. The van der Waals surface area contributed by atoms with E-state index in [0.29, 0.717) is 12.8 Å². The lowest BCUT2D eigenvalue weighted by molar-refractivity contribution is -0.379. The maximum atomic E-state index is 13.1. The third-order valence-electron chi connectivity index (χ3n) is 13.2. The molecule has 19 nitrogen and oxygen atoms in total. The van der Waals surface area contributed by atoms with Gasteiger partial charge in [0.25, 0.3) is 0 Å². The Hall–Kier alpha value is -1.99. The molecule has 3 rings (SSSR count). The zero-order valence-electron chi connectivity index (χ0n) is 41.7. The van der Waals surface area contributed by atoms with Gasteiger partial charge in [-0.1, -0.05) is 134 Å². The van der Waals surface area contributed by atoms with E-state index in [9.17, 15) is 61.0 Å². The van der Waals surface area contributed by atoms with Crippen LogP contribution in [-0.2, 0) is 33.2 Å². The Labute approximate surface area is 415 Å². The standard InChI is InChI=1S/C51H91NO18/c1-3-5-7-9-10-11-12-13-14-15-16-17-18-19-20-21-22-23-24-25-27-29-39(57)52-34(35(56)28-26-8-6-4-2)33-65-49-45(63)42(60)47(37(31-54)67-49)70-51-46(64)43(61)48(38(32-55)68-51)69-50-44(62)41(59)40(58)36(30-53)66-50/h12-13,15-16,26,28,34-38,40-51,53-56,58-64H,3-11,14,17-25,27,29-33H2,1-2H3,(H,52,57)/b13-12-,16-15-,28-26+. The summed E-state index contributed by atoms with van der Waals surface area (Å²) in [6.07, 6.45) is 8.11. The van der Waals surface area contributed by atoms with Crippen LogP contribution in [0.4, 0.5) is 0 Å². The minimum absolute atomic E-state index is 0.236. The van der Waals surface area contributed by atoms with Gasteiger partial charge in [0, 0.05) is 6.42 Å². The lowest BCUT2D eigenvalue weighted by atomic mass is 9.96. The van der Waals surface area contributed by atoms with E-state index in [2.05, 4.69) is 36.5 Å². The van der Waals surface area contributed by atoms with Crippen LogP contribution in [0.3, 0.4) is 0 Å². The maximum absolute atomic E-state index is 13.1. The molecule has 3 heterocycles. The molecule has 0 bridgehead atoms. The van der Waals surface area contributed by atoms with E-state index in [1.54, 1.807) is 6.08 Å². The Kier molecular flexibility index (Phi) is 32.1. The maximum Gasteiger partial charge on any atom is 0.220 e. The first-order valence-electron chi connectivity index (χ1n) is 26.2. The summed E-state index contributed by atoms with van der Waals surface area (Å²) in [5.41, 5.74) is 0. The van der Waals surface area contributed by atoms with Gasteiger partial charge < -0.3 is 89.9 Å². The molecule has 0 radical (unpaired) electrons. The van der Waals surface area contributed by atoms with Gasteiger partial charge in [0.05, 0.1) is 38.6 Å². The zero-order chi connectivity index (χ0) is 51.3. The fourth-order valence-corrected chi connectivity index (χ4v) is 8.73. The second-order valence-electron chi connectivity index (χ2n) is 19.0. The van der Waals surface area contributed by atoms with Crippen LogP contribution in [0.1, 0.15) is 149 Å². The van der Waals surface area contributed by atoms with E-state index in [4.69, 9.17) is 28.4 Å². The molecule has 0 saturated carbocycles. The van der Waals surface area contributed by atoms with Crippen molar-refractivity contribution in [1.29, 1.82) is 0 Å². The Bertz CT molecular complexity index is 1440. The van der Waals surface area contributed by atoms with Gasteiger partial charge in [-0.3, -0.25) is 4.79 Å². The highest BCUT2D eigenvalue weighted by atomic mass is 16.8. The molecule has 0 aliphatic carbocycles. The first-order chi connectivity index (χ1) is 33.8. The van der Waals surface area contributed by atoms with Crippen LogP contribution in [0.15, 0.2) is 36.5 Å². The minimum atomic E-state index is -1.98. The third kappa shape index (κ3) is 21.5. The quantitative estimate of drug-likeness (QED) is 0.0316. The summed E-state index contributed by atoms with van der Waals surface area (Å²) in [6, 6.07) is -0.970. The molecule has 17 unspecified atom stereocenters. The van der Waals surface area contributed by atoms with E-state index in [-0.39, 0.29) is 18.9 Å². The number of carbonyl (C=O) groups is 1. The number of unbranched alkanes of at least 4 members (excludes halogenated alkanes) is 16. The number of allylic oxidation sites excluding steroid dienone is 5. The Morgan fingerprint density at radius 3 is 1.49 bits per heavy atom. The van der Waals surface area contributed by atoms with Gasteiger partial charge in [-0.2, -0.15) is 0 Å². The van der Waals surface area contributed by atoms with E-state index in [0.717, 1.165) is 51.4 Å². The number of nitrogens with one attached hydrogen (secondary N) is 1. The number of aliphatic hydroxyl groups excluding tert-OH is 11. The summed E-state index contributed by atoms with van der Waals surface area (Å²) < 4.78 is 33.9. The SMILES string of the molecule is CCCC/C=C/C(O)C(COC1OC(CO)C(OC2OC(CO)C(OC3OC(CO)C(O)C(O)C3O)C(O)C2O)C(O)C1O)NC(=O)CCCCCCCCCCC/C=C\C/C=C\CCCCCCC. The van der Waals surface area contributed by atoms with Crippen LogP contribution < -0.4 is 5.32 Å². The number of ether oxygens (including phenoxy) is 6. The number of aliphatic hydroxyl groups is 11. The summed E-state index contributed by atoms with van der Waals surface area (Å²) in [5, 5.41) is 119. The van der Waals surface area contributed by atoms with Crippen molar-refractivity contribution in [1.82, 2.24) is 5.32 Å². The van der Waals surface area contributed by atoms with Gasteiger partial charge >= 0.3 is 0 Å². The highest BCUT2D eigenvalue weighted by Gasteiger charge is 2.53. The van der Waals surface area contributed by atoms with Crippen molar-refractivity contribution in [2.24, 2.45) is 0 Å². The lowest BCUT2D eigenvalue weighted by Gasteiger charge is -2.48. The molecular formula is C51H91NO18. The molecule has 1 amide bonds. The van der Waals surface area contributed by atoms with Crippen molar-refractivity contribution < 1.29 is 89.4 Å². The van der Waals surface area contributed by atoms with Crippen LogP contribution in [-0.4, -0.2) is 193 Å². The first-order valence-corrected chi connectivity index (χ1v) is 26.2. The van der Waals surface area contributed by atoms with Crippen LogP contribution in [0.5, 0.6) is 0 Å². The highest BCUT2D eigenvalue weighted by molar-refractivity contribution is 5.76. The largest absolute Gasteiger partial charge is 0.394 e. The highest BCUT2D eigenvalue weighted by Crippen LogP contribution is 2.33. The van der Waals surface area contributed by atoms with Gasteiger partial charge in [-0.15, -0.1) is 0 Å². The Balaban J connectivity index is 1.43. The molecule has 0 spiro atoms. The van der Waals surface area contributed by atoms with Gasteiger partial charge in [-0.05, 0) is 44.9 Å². The van der Waals surface area contributed by atoms with Gasteiger partial charge in [0.15, 0.2) is 18.9 Å². The van der Waals surface area contributed by atoms with Crippen molar-refractivity contribution in [3.05, 3.63) is 36.5 Å². The average Bonchev–Trinajstić information content (AvgIpc) is 3.35. The number of carbonyl (C=O) groups excluding carboxylic acids is 1. The van der Waals surface area contributed by atoms with Crippen LogP contribution in [0.2, 0.25) is 0 Å². The Morgan fingerprint density at radius 1 is 0.514 bits per heavy atom. The number of amides is 1. The topological polar surface area (TPSA) is 307 Å². The second-order valence-corrected chi connectivity index (χ2v) is 19.0. The van der Waals surface area contributed by atoms with Gasteiger partial charge in [0.2, 0.25) is 5.91 Å². The van der Waals surface area contributed by atoms with Crippen LogP contribution in [0.25, 0.3) is 0 Å². The summed E-state index contributed by atoms with van der Waals surface area (Å²) >= 11 is 0. The number of hydrogen-bond donors (Lipinski definition) is 12. The Morgan fingerprint density at radius 2 is 0.957 bits per heavy atom. The van der Waals surface area contributed by atoms with E-state index < -0.39 is 124 Å². The molecule has 19 heteroatoms. The van der Waals surface area contributed by atoms with Crippen LogP contribution >= 0.6 is 0 Å². The molecule has 3 fully saturated rings. The fraction of sp³-hybridized carbons (Fsp3) is 0.863. The second kappa shape index (κ2) is 36.0. The summed E-state index contributed by atoms with van der Waals surface area (Å²) in [6.45, 7) is 1.50. The first kappa shape index (κ1) is 62.3. The van der Waals surface area contributed by atoms with Crippen molar-refractivity contribution in [3.8, 4) is 0 Å². The summed E-state index contributed by atoms with van der Waals surface area (Å²) in [5.74, 6) is -0.292. The number of rotatable bonds is 36. The molecule has 17 atom stereocenters. The molecule has 3 aliphatic heterocycles. The van der Waals surface area contributed by atoms with E-state index in [1.165, 1.54) is 64.2 Å². The number of hydrogen-bond acceptors (Lipinski definition) is 18. The molecule has 408 valence electrons. The van der Waals surface area contributed by atoms with Crippen molar-refractivity contribution in [3.63, 3.8) is 0 Å².